The van der Waals surface area contributed by atoms with Crippen LogP contribution in [0, 0.1) is 0 Å². The van der Waals surface area contributed by atoms with Gasteiger partial charge in [-0.3, -0.25) is 10.4 Å². The van der Waals surface area contributed by atoms with Gasteiger partial charge in [0, 0.05) is 17.1 Å². The molecule has 1 aromatic heterocycles. The van der Waals surface area contributed by atoms with Crippen LogP contribution in [0.4, 0.5) is 18.9 Å². The lowest BCUT2D eigenvalue weighted by molar-refractivity contribution is -0.137. The van der Waals surface area contributed by atoms with Crippen LogP contribution in [0.5, 0.6) is 0 Å². The Hall–Kier alpha value is -2.89. The number of halogens is 3. The zero-order chi connectivity index (χ0) is 16.3. The number of anilines is 1. The first-order valence-corrected chi connectivity index (χ1v) is 6.85. The number of nitrogens with zero attached hydrogens (tertiary/aromatic N) is 2. The number of hydrogen-bond donors (Lipinski definition) is 1. The Morgan fingerprint density at radius 1 is 0.957 bits per heavy atom. The largest absolute Gasteiger partial charge is 0.417 e. The van der Waals surface area contributed by atoms with Crippen LogP contribution in [-0.2, 0) is 6.18 Å². The molecule has 0 fully saturated rings. The molecule has 23 heavy (non-hydrogen) atoms. The van der Waals surface area contributed by atoms with Gasteiger partial charge in [-0.2, -0.15) is 18.3 Å². The molecule has 0 aliphatic heterocycles. The fourth-order valence-electron chi connectivity index (χ4n) is 2.24. The number of pyridine rings is 1. The molecule has 1 heterocycles. The summed E-state index contributed by atoms with van der Waals surface area (Å²) in [5, 5.41) is 4.78. The molecule has 6 heteroatoms. The highest BCUT2D eigenvalue weighted by Gasteiger charge is 2.32. The summed E-state index contributed by atoms with van der Waals surface area (Å²) in [5.41, 5.74) is 3.52. The van der Waals surface area contributed by atoms with Gasteiger partial charge in [-0.05, 0) is 30.3 Å². The van der Waals surface area contributed by atoms with E-state index in [4.69, 9.17) is 0 Å². The van der Waals surface area contributed by atoms with Crippen molar-refractivity contribution < 1.29 is 13.2 Å². The van der Waals surface area contributed by atoms with Gasteiger partial charge >= 0.3 is 6.18 Å². The van der Waals surface area contributed by atoms with Crippen LogP contribution in [0.1, 0.15) is 11.1 Å². The molecule has 0 aliphatic carbocycles. The maximum atomic E-state index is 12.9. The molecule has 3 rings (SSSR count). The SMILES string of the molecule is FC(F)(F)c1ccccc1/C=N/Nc1cccc2ncccc12. The highest BCUT2D eigenvalue weighted by Crippen LogP contribution is 2.31. The molecule has 3 nitrogen and oxygen atoms in total. The first-order chi connectivity index (χ1) is 11.1. The Morgan fingerprint density at radius 3 is 2.61 bits per heavy atom. The maximum absolute atomic E-state index is 12.9. The standard InChI is InChI=1S/C17H12F3N3/c18-17(19,20)14-7-2-1-5-12(14)11-22-23-16-9-3-8-15-13(16)6-4-10-21-15/h1-11,23H/b22-11+. The molecule has 0 saturated heterocycles. The monoisotopic (exact) mass is 315 g/mol. The normalized spacial score (nSPS) is 12.0. The Balaban J connectivity index is 1.87. The van der Waals surface area contributed by atoms with Gasteiger partial charge in [0.05, 0.1) is 23.0 Å². The van der Waals surface area contributed by atoms with Crippen molar-refractivity contribution in [2.45, 2.75) is 6.18 Å². The van der Waals surface area contributed by atoms with Crippen molar-refractivity contribution in [3.63, 3.8) is 0 Å². The van der Waals surface area contributed by atoms with Gasteiger partial charge in [-0.25, -0.2) is 0 Å². The van der Waals surface area contributed by atoms with Crippen molar-refractivity contribution in [3.8, 4) is 0 Å². The maximum Gasteiger partial charge on any atom is 0.417 e. The lowest BCUT2D eigenvalue weighted by atomic mass is 10.1. The minimum Gasteiger partial charge on any atom is -0.278 e. The number of alkyl halides is 3. The molecule has 2 aromatic carbocycles. The second kappa shape index (κ2) is 6.08. The minimum atomic E-state index is -4.41. The van der Waals surface area contributed by atoms with Crippen molar-refractivity contribution in [3.05, 3.63) is 71.9 Å². The van der Waals surface area contributed by atoms with Crippen LogP contribution in [-0.4, -0.2) is 11.2 Å². The fourth-order valence-corrected chi connectivity index (χ4v) is 2.24. The van der Waals surface area contributed by atoms with E-state index in [2.05, 4.69) is 15.5 Å². The molecule has 3 aromatic rings. The van der Waals surface area contributed by atoms with Crippen LogP contribution in [0.25, 0.3) is 10.9 Å². The Kier molecular flexibility index (Phi) is 3.97. The summed E-state index contributed by atoms with van der Waals surface area (Å²) in [6, 6.07) is 14.4. The van der Waals surface area contributed by atoms with E-state index in [-0.39, 0.29) is 5.56 Å². The van der Waals surface area contributed by atoms with E-state index in [9.17, 15) is 13.2 Å². The van der Waals surface area contributed by atoms with Gasteiger partial charge in [0.25, 0.3) is 0 Å². The van der Waals surface area contributed by atoms with Gasteiger partial charge in [0.15, 0.2) is 0 Å². The predicted molar refractivity (Wildman–Crippen MR) is 84.4 cm³/mol. The summed E-state index contributed by atoms with van der Waals surface area (Å²) in [5.74, 6) is 0. The van der Waals surface area contributed by atoms with Gasteiger partial charge < -0.3 is 0 Å². The molecule has 0 radical (unpaired) electrons. The van der Waals surface area contributed by atoms with Crippen LogP contribution in [0.15, 0.2) is 65.9 Å². The average molecular weight is 315 g/mol. The van der Waals surface area contributed by atoms with Crippen molar-refractivity contribution in [1.82, 2.24) is 4.98 Å². The van der Waals surface area contributed by atoms with Crippen LogP contribution >= 0.6 is 0 Å². The van der Waals surface area contributed by atoms with Crippen molar-refractivity contribution >= 4 is 22.8 Å². The smallest absolute Gasteiger partial charge is 0.278 e. The van der Waals surface area contributed by atoms with Gasteiger partial charge in [-0.15, -0.1) is 0 Å². The molecule has 0 amide bonds. The van der Waals surface area contributed by atoms with E-state index in [0.717, 1.165) is 23.2 Å². The van der Waals surface area contributed by atoms with Crippen molar-refractivity contribution in [1.29, 1.82) is 0 Å². The number of aromatic nitrogens is 1. The molecular weight excluding hydrogens is 303 g/mol. The van der Waals surface area contributed by atoms with Crippen molar-refractivity contribution in [2.24, 2.45) is 5.10 Å². The number of fused-ring (bicyclic) bond motifs is 1. The van der Waals surface area contributed by atoms with E-state index in [1.54, 1.807) is 30.5 Å². The fraction of sp³-hybridized carbons (Fsp3) is 0.0588. The number of benzene rings is 2. The molecule has 0 bridgehead atoms. The third kappa shape index (κ3) is 3.31. The Labute approximate surface area is 130 Å². The number of hydrogen-bond acceptors (Lipinski definition) is 3. The summed E-state index contributed by atoms with van der Waals surface area (Å²) >= 11 is 0. The van der Waals surface area contributed by atoms with Gasteiger partial charge in [-0.1, -0.05) is 24.3 Å². The summed E-state index contributed by atoms with van der Waals surface area (Å²) in [6.45, 7) is 0. The number of hydrazone groups is 1. The summed E-state index contributed by atoms with van der Waals surface area (Å²) < 4.78 is 38.7. The summed E-state index contributed by atoms with van der Waals surface area (Å²) in [4.78, 5) is 4.21. The second-order valence-corrected chi connectivity index (χ2v) is 4.83. The highest BCUT2D eigenvalue weighted by atomic mass is 19.4. The quantitative estimate of drug-likeness (QED) is 0.562. The Bertz CT molecular complexity index is 852. The molecule has 0 saturated carbocycles. The molecule has 0 aliphatic rings. The first-order valence-electron chi connectivity index (χ1n) is 6.85. The van der Waals surface area contributed by atoms with Gasteiger partial charge in [0.1, 0.15) is 0 Å². The van der Waals surface area contributed by atoms with E-state index >= 15 is 0 Å². The molecule has 0 atom stereocenters. The number of rotatable bonds is 3. The molecule has 116 valence electrons. The van der Waals surface area contributed by atoms with Crippen molar-refractivity contribution in [2.75, 3.05) is 5.43 Å². The lowest BCUT2D eigenvalue weighted by Crippen LogP contribution is -2.08. The van der Waals surface area contributed by atoms with E-state index in [1.165, 1.54) is 12.1 Å². The van der Waals surface area contributed by atoms with Gasteiger partial charge in [0.2, 0.25) is 0 Å². The summed E-state index contributed by atoms with van der Waals surface area (Å²) in [6.07, 6.45) is -1.57. The minimum absolute atomic E-state index is 0.00543. The van der Waals surface area contributed by atoms with E-state index in [1.807, 2.05) is 12.1 Å². The van der Waals surface area contributed by atoms with Crippen LogP contribution < -0.4 is 5.43 Å². The van der Waals surface area contributed by atoms with Crippen LogP contribution in [0.2, 0.25) is 0 Å². The third-order valence-corrected chi connectivity index (χ3v) is 3.30. The molecule has 0 spiro atoms. The highest BCUT2D eigenvalue weighted by molar-refractivity contribution is 5.91. The molecular formula is C17H12F3N3. The topological polar surface area (TPSA) is 37.3 Å². The second-order valence-electron chi connectivity index (χ2n) is 4.83. The van der Waals surface area contributed by atoms with E-state index in [0.29, 0.717) is 5.69 Å². The first kappa shape index (κ1) is 15.0. The average Bonchev–Trinajstić information content (AvgIpc) is 2.55. The van der Waals surface area contributed by atoms with E-state index < -0.39 is 11.7 Å². The molecule has 0 unspecified atom stereocenters. The zero-order valence-corrected chi connectivity index (χ0v) is 11.9. The lowest BCUT2D eigenvalue weighted by Gasteiger charge is -2.09. The van der Waals surface area contributed by atoms with Crippen LogP contribution in [0.3, 0.4) is 0 Å². The zero-order valence-electron chi connectivity index (χ0n) is 11.9. The number of nitrogens with one attached hydrogen (secondary N) is 1. The summed E-state index contributed by atoms with van der Waals surface area (Å²) in [7, 11) is 0. The molecule has 1 N–H and O–H groups in total. The Morgan fingerprint density at radius 2 is 1.78 bits per heavy atom. The third-order valence-electron chi connectivity index (χ3n) is 3.30. The predicted octanol–water partition coefficient (Wildman–Crippen LogP) is 4.70.